The van der Waals surface area contributed by atoms with E-state index in [-0.39, 0.29) is 16.6 Å². The highest BCUT2D eigenvalue weighted by Gasteiger charge is 2.33. The van der Waals surface area contributed by atoms with Crippen LogP contribution in [0.4, 0.5) is 13.2 Å². The molecule has 2 rings (SSSR count). The van der Waals surface area contributed by atoms with Crippen molar-refractivity contribution in [1.82, 2.24) is 5.43 Å². The molecule has 1 aliphatic heterocycles. The Balaban J connectivity index is 2.10. The van der Waals surface area contributed by atoms with E-state index in [1.807, 2.05) is 0 Å². The average molecular weight is 367 g/mol. The lowest BCUT2D eigenvalue weighted by Crippen LogP contribution is -2.29. The Morgan fingerprint density at radius 2 is 2.19 bits per heavy atom. The van der Waals surface area contributed by atoms with Gasteiger partial charge in [0.05, 0.1) is 11.7 Å². The first-order valence-corrected chi connectivity index (χ1v) is 7.65. The summed E-state index contributed by atoms with van der Waals surface area (Å²) in [6.45, 7) is 0.766. The number of alkyl halides is 3. The maximum Gasteiger partial charge on any atom is 0.417 e. The molecule has 0 radical (unpaired) electrons. The van der Waals surface area contributed by atoms with E-state index >= 15 is 0 Å². The maximum absolute atomic E-state index is 12.9. The summed E-state index contributed by atoms with van der Waals surface area (Å²) in [6, 6.07) is 3.89. The van der Waals surface area contributed by atoms with Crippen molar-refractivity contribution in [2.45, 2.75) is 44.0 Å². The van der Waals surface area contributed by atoms with Crippen molar-refractivity contribution in [2.75, 3.05) is 6.61 Å². The molecule has 7 heteroatoms. The molecule has 1 aromatic rings. The number of benzene rings is 1. The van der Waals surface area contributed by atoms with Crippen molar-refractivity contribution in [3.63, 3.8) is 0 Å². The summed E-state index contributed by atoms with van der Waals surface area (Å²) < 4.78 is 44.3. The predicted octanol–water partition coefficient (Wildman–Crippen LogP) is 3.93. The van der Waals surface area contributed by atoms with Crippen LogP contribution in [-0.4, -0.2) is 12.7 Å². The van der Waals surface area contributed by atoms with Crippen molar-refractivity contribution >= 4 is 15.9 Å². The molecule has 0 bridgehead atoms. The number of hydrogen-bond donors (Lipinski definition) is 2. The summed E-state index contributed by atoms with van der Waals surface area (Å²) in [7, 11) is 0. The van der Waals surface area contributed by atoms with Crippen molar-refractivity contribution in [3.8, 4) is 0 Å². The molecule has 2 unspecified atom stereocenters. The van der Waals surface area contributed by atoms with Crippen molar-refractivity contribution < 1.29 is 17.9 Å². The Labute approximate surface area is 130 Å². The van der Waals surface area contributed by atoms with Gasteiger partial charge in [-0.15, -0.1) is 0 Å². The van der Waals surface area contributed by atoms with Crippen molar-refractivity contribution in [2.24, 2.45) is 5.84 Å². The summed E-state index contributed by atoms with van der Waals surface area (Å²) in [4.78, 5) is 0. The molecule has 1 heterocycles. The Morgan fingerprint density at radius 3 is 2.76 bits per heavy atom. The van der Waals surface area contributed by atoms with Gasteiger partial charge in [-0.25, -0.2) is 0 Å². The predicted molar refractivity (Wildman–Crippen MR) is 77.4 cm³/mol. The fourth-order valence-electron chi connectivity index (χ4n) is 2.55. The van der Waals surface area contributed by atoms with Crippen LogP contribution >= 0.6 is 15.9 Å². The first-order valence-electron chi connectivity index (χ1n) is 6.86. The third-order valence-electron chi connectivity index (χ3n) is 3.70. The van der Waals surface area contributed by atoms with E-state index in [0.29, 0.717) is 12.0 Å². The second kappa shape index (κ2) is 7.09. The lowest BCUT2D eigenvalue weighted by molar-refractivity contribution is -0.138. The molecular weight excluding hydrogens is 349 g/mol. The van der Waals surface area contributed by atoms with Gasteiger partial charge in [0, 0.05) is 17.1 Å². The minimum atomic E-state index is -4.39. The molecule has 1 aromatic carbocycles. The molecule has 21 heavy (non-hydrogen) atoms. The molecule has 1 saturated heterocycles. The SMILES string of the molecule is NNC(CCC1CCCO1)c1ccc(Br)c(C(F)(F)F)c1. The largest absolute Gasteiger partial charge is 0.417 e. The number of hydrogen-bond acceptors (Lipinski definition) is 3. The van der Waals surface area contributed by atoms with Gasteiger partial charge in [0.2, 0.25) is 0 Å². The monoisotopic (exact) mass is 366 g/mol. The third-order valence-corrected chi connectivity index (χ3v) is 4.39. The number of hydrazine groups is 1. The van der Waals surface area contributed by atoms with Crippen LogP contribution in [0.1, 0.15) is 42.9 Å². The topological polar surface area (TPSA) is 47.3 Å². The van der Waals surface area contributed by atoms with Crippen LogP contribution in [0.15, 0.2) is 22.7 Å². The lowest BCUT2D eigenvalue weighted by Gasteiger charge is -2.20. The van der Waals surface area contributed by atoms with Gasteiger partial charge in [-0.3, -0.25) is 11.3 Å². The highest BCUT2D eigenvalue weighted by atomic mass is 79.9. The highest BCUT2D eigenvalue weighted by Crippen LogP contribution is 2.37. The Kier molecular flexibility index (Phi) is 5.65. The third kappa shape index (κ3) is 4.42. The van der Waals surface area contributed by atoms with E-state index in [4.69, 9.17) is 10.6 Å². The van der Waals surface area contributed by atoms with Crippen LogP contribution in [0.2, 0.25) is 0 Å². The van der Waals surface area contributed by atoms with E-state index in [2.05, 4.69) is 21.4 Å². The first-order chi connectivity index (χ1) is 9.91. The Morgan fingerprint density at radius 1 is 1.43 bits per heavy atom. The molecule has 3 nitrogen and oxygen atoms in total. The van der Waals surface area contributed by atoms with Crippen LogP contribution in [0.25, 0.3) is 0 Å². The van der Waals surface area contributed by atoms with E-state index in [0.717, 1.165) is 31.9 Å². The van der Waals surface area contributed by atoms with Gasteiger partial charge >= 0.3 is 6.18 Å². The van der Waals surface area contributed by atoms with Gasteiger partial charge < -0.3 is 4.74 Å². The van der Waals surface area contributed by atoms with Gasteiger partial charge in [0.15, 0.2) is 0 Å². The molecule has 0 aliphatic carbocycles. The Hall–Kier alpha value is -0.630. The van der Waals surface area contributed by atoms with Gasteiger partial charge in [-0.05, 0) is 43.4 Å². The highest BCUT2D eigenvalue weighted by molar-refractivity contribution is 9.10. The second-order valence-corrected chi connectivity index (χ2v) is 6.02. The van der Waals surface area contributed by atoms with E-state index in [1.54, 1.807) is 6.07 Å². The first kappa shape index (κ1) is 16.7. The maximum atomic E-state index is 12.9. The minimum Gasteiger partial charge on any atom is -0.378 e. The molecule has 0 spiro atoms. The fraction of sp³-hybridized carbons (Fsp3) is 0.571. The molecule has 2 atom stereocenters. The molecule has 0 amide bonds. The number of nitrogens with two attached hydrogens (primary N) is 1. The summed E-state index contributed by atoms with van der Waals surface area (Å²) in [5.41, 5.74) is 2.45. The van der Waals surface area contributed by atoms with Gasteiger partial charge in [-0.2, -0.15) is 13.2 Å². The van der Waals surface area contributed by atoms with Gasteiger partial charge in [0.1, 0.15) is 0 Å². The van der Waals surface area contributed by atoms with Gasteiger partial charge in [0.25, 0.3) is 0 Å². The van der Waals surface area contributed by atoms with E-state index < -0.39 is 11.7 Å². The summed E-state index contributed by atoms with van der Waals surface area (Å²) >= 11 is 2.94. The number of halogens is 4. The van der Waals surface area contributed by atoms with Crippen LogP contribution in [0.3, 0.4) is 0 Å². The normalized spacial score (nSPS) is 20.7. The zero-order valence-corrected chi connectivity index (χ0v) is 13.0. The van der Waals surface area contributed by atoms with Crippen LogP contribution in [-0.2, 0) is 10.9 Å². The molecule has 118 valence electrons. The zero-order chi connectivity index (χ0) is 15.5. The number of rotatable bonds is 5. The van der Waals surface area contributed by atoms with Crippen LogP contribution in [0.5, 0.6) is 0 Å². The zero-order valence-electron chi connectivity index (χ0n) is 11.4. The summed E-state index contributed by atoms with van der Waals surface area (Å²) in [5.74, 6) is 5.50. The molecule has 1 aliphatic rings. The molecule has 0 saturated carbocycles. The van der Waals surface area contributed by atoms with E-state index in [9.17, 15) is 13.2 Å². The molecule has 1 fully saturated rings. The number of nitrogens with one attached hydrogen (secondary N) is 1. The van der Waals surface area contributed by atoms with Crippen molar-refractivity contribution in [1.29, 1.82) is 0 Å². The summed E-state index contributed by atoms with van der Waals surface area (Å²) in [5, 5.41) is 0. The second-order valence-electron chi connectivity index (χ2n) is 5.17. The minimum absolute atomic E-state index is 0.0358. The molecule has 3 N–H and O–H groups in total. The molecular formula is C14H18BrF3N2O. The lowest BCUT2D eigenvalue weighted by atomic mass is 9.98. The quantitative estimate of drug-likeness (QED) is 0.612. The Bertz CT molecular complexity index is 476. The standard InChI is InChI=1S/C14H18BrF3N2O/c15-12-5-3-9(8-11(12)14(16,17)18)13(20-19)6-4-10-2-1-7-21-10/h3,5,8,10,13,20H,1-2,4,6-7,19H2. The molecule has 0 aromatic heterocycles. The number of ether oxygens (including phenoxy) is 1. The van der Waals surface area contributed by atoms with Crippen LogP contribution < -0.4 is 11.3 Å². The fourth-order valence-corrected chi connectivity index (χ4v) is 3.02. The van der Waals surface area contributed by atoms with E-state index in [1.165, 1.54) is 6.07 Å². The smallest absolute Gasteiger partial charge is 0.378 e. The average Bonchev–Trinajstić information content (AvgIpc) is 2.93. The summed E-state index contributed by atoms with van der Waals surface area (Å²) in [6.07, 6.45) is -0.721. The van der Waals surface area contributed by atoms with Gasteiger partial charge in [-0.1, -0.05) is 22.0 Å². The van der Waals surface area contributed by atoms with Crippen molar-refractivity contribution in [3.05, 3.63) is 33.8 Å². The van der Waals surface area contributed by atoms with Crippen LogP contribution in [0, 0.1) is 0 Å².